The Morgan fingerprint density at radius 3 is 2.94 bits per heavy atom. The van der Waals surface area contributed by atoms with Crippen LogP contribution in [0.1, 0.15) is 31.9 Å². The molecule has 1 aromatic heterocycles. The number of carbonyl (C=O) groups excluding carboxylic acids is 1. The second-order valence-corrected chi connectivity index (χ2v) is 4.58. The molecule has 0 aliphatic rings. The zero-order valence-corrected chi connectivity index (χ0v) is 10.7. The Labute approximate surface area is 100 Å². The summed E-state index contributed by atoms with van der Waals surface area (Å²) in [5.74, 6) is -0.0224. The molecule has 0 fully saturated rings. The lowest BCUT2D eigenvalue weighted by molar-refractivity contribution is -0.115. The van der Waals surface area contributed by atoms with E-state index in [0.717, 1.165) is 18.7 Å². The van der Waals surface area contributed by atoms with Gasteiger partial charge in [-0.05, 0) is 19.9 Å². The molecule has 5 heteroatoms. The third-order valence-corrected chi connectivity index (χ3v) is 2.98. The maximum absolute atomic E-state index is 11.4. The van der Waals surface area contributed by atoms with Gasteiger partial charge >= 0.3 is 0 Å². The van der Waals surface area contributed by atoms with Gasteiger partial charge in [-0.25, -0.2) is 4.98 Å². The predicted octanol–water partition coefficient (Wildman–Crippen LogP) is 2.17. The van der Waals surface area contributed by atoms with Crippen molar-refractivity contribution in [2.45, 2.75) is 33.1 Å². The minimum Gasteiger partial charge on any atom is -0.308 e. The Morgan fingerprint density at radius 2 is 2.31 bits per heavy atom. The minimum absolute atomic E-state index is 0.0224. The van der Waals surface area contributed by atoms with E-state index in [4.69, 9.17) is 0 Å². The molecule has 0 bridgehead atoms. The van der Waals surface area contributed by atoms with Crippen molar-refractivity contribution in [3.05, 3.63) is 11.1 Å². The summed E-state index contributed by atoms with van der Waals surface area (Å²) in [7, 11) is 0. The van der Waals surface area contributed by atoms with E-state index < -0.39 is 0 Å². The topological polar surface area (TPSA) is 54.0 Å². The van der Waals surface area contributed by atoms with Gasteiger partial charge in [0.15, 0.2) is 5.13 Å². The van der Waals surface area contributed by atoms with Gasteiger partial charge < -0.3 is 10.6 Å². The lowest BCUT2D eigenvalue weighted by Gasteiger charge is -2.03. The van der Waals surface area contributed by atoms with Crippen molar-refractivity contribution in [3.63, 3.8) is 0 Å². The first-order valence-corrected chi connectivity index (χ1v) is 6.53. The smallest absolute Gasteiger partial charge is 0.240 e. The van der Waals surface area contributed by atoms with Gasteiger partial charge in [-0.1, -0.05) is 19.8 Å². The monoisotopic (exact) mass is 241 g/mol. The first kappa shape index (κ1) is 13.1. The van der Waals surface area contributed by atoms with Crippen LogP contribution in [0.4, 0.5) is 5.13 Å². The van der Waals surface area contributed by atoms with Crippen LogP contribution in [-0.4, -0.2) is 24.0 Å². The van der Waals surface area contributed by atoms with Crippen LogP contribution >= 0.6 is 11.3 Å². The Kier molecular flexibility index (Phi) is 6.03. The lowest BCUT2D eigenvalue weighted by Crippen LogP contribution is -2.28. The molecule has 0 aliphatic heterocycles. The second kappa shape index (κ2) is 7.35. The molecule has 1 rings (SSSR count). The van der Waals surface area contributed by atoms with Crippen molar-refractivity contribution in [1.29, 1.82) is 0 Å². The van der Waals surface area contributed by atoms with Crippen LogP contribution in [0.25, 0.3) is 0 Å². The number of carbonyl (C=O) groups is 1. The molecule has 0 atom stereocenters. The van der Waals surface area contributed by atoms with E-state index >= 15 is 0 Å². The number of aryl methyl sites for hydroxylation is 1. The number of nitrogens with zero attached hydrogens (tertiary/aromatic N) is 1. The maximum atomic E-state index is 11.4. The summed E-state index contributed by atoms with van der Waals surface area (Å²) in [5.41, 5.74) is 0.941. The van der Waals surface area contributed by atoms with Crippen LogP contribution in [0.3, 0.4) is 0 Å². The van der Waals surface area contributed by atoms with Crippen molar-refractivity contribution in [2.75, 3.05) is 18.4 Å². The number of hydrogen-bond donors (Lipinski definition) is 2. The number of amides is 1. The summed E-state index contributed by atoms with van der Waals surface area (Å²) in [6, 6.07) is 0. The number of anilines is 1. The van der Waals surface area contributed by atoms with E-state index in [2.05, 4.69) is 22.5 Å². The van der Waals surface area contributed by atoms with Gasteiger partial charge in [0.1, 0.15) is 0 Å². The quantitative estimate of drug-likeness (QED) is 0.719. The SMILES string of the molecule is CCCCCNCC(=O)Nc1nc(C)cs1. The zero-order valence-electron chi connectivity index (χ0n) is 9.88. The minimum atomic E-state index is -0.0224. The molecular weight excluding hydrogens is 222 g/mol. The summed E-state index contributed by atoms with van der Waals surface area (Å²) in [6.07, 6.45) is 3.53. The molecule has 0 saturated heterocycles. The molecule has 1 amide bonds. The van der Waals surface area contributed by atoms with Crippen molar-refractivity contribution in [1.82, 2.24) is 10.3 Å². The zero-order chi connectivity index (χ0) is 11.8. The van der Waals surface area contributed by atoms with Gasteiger partial charge in [0.25, 0.3) is 0 Å². The van der Waals surface area contributed by atoms with E-state index in [1.54, 1.807) is 0 Å². The van der Waals surface area contributed by atoms with Crippen molar-refractivity contribution >= 4 is 22.4 Å². The van der Waals surface area contributed by atoms with Crippen LogP contribution in [0.2, 0.25) is 0 Å². The third kappa shape index (κ3) is 5.23. The van der Waals surface area contributed by atoms with Crippen molar-refractivity contribution < 1.29 is 4.79 Å². The average molecular weight is 241 g/mol. The molecular formula is C11H19N3OS. The molecule has 90 valence electrons. The van der Waals surface area contributed by atoms with Crippen LogP contribution in [0.15, 0.2) is 5.38 Å². The van der Waals surface area contributed by atoms with Gasteiger partial charge in [-0.15, -0.1) is 11.3 Å². The van der Waals surface area contributed by atoms with Crippen LogP contribution < -0.4 is 10.6 Å². The predicted molar refractivity (Wildman–Crippen MR) is 67.9 cm³/mol. The number of thiazole rings is 1. The molecule has 0 unspecified atom stereocenters. The lowest BCUT2D eigenvalue weighted by atomic mass is 10.2. The number of nitrogens with one attached hydrogen (secondary N) is 2. The summed E-state index contributed by atoms with van der Waals surface area (Å²) in [6.45, 7) is 5.34. The molecule has 2 N–H and O–H groups in total. The molecule has 16 heavy (non-hydrogen) atoms. The second-order valence-electron chi connectivity index (χ2n) is 3.73. The summed E-state index contributed by atoms with van der Waals surface area (Å²) >= 11 is 1.45. The fourth-order valence-electron chi connectivity index (χ4n) is 1.28. The van der Waals surface area contributed by atoms with Crippen LogP contribution in [0, 0.1) is 6.92 Å². The van der Waals surface area contributed by atoms with E-state index in [0.29, 0.717) is 11.7 Å². The normalized spacial score (nSPS) is 10.4. The summed E-state index contributed by atoms with van der Waals surface area (Å²) in [5, 5.41) is 8.47. The number of aromatic nitrogens is 1. The van der Waals surface area contributed by atoms with Gasteiger partial charge in [-0.3, -0.25) is 4.79 Å². The molecule has 0 aromatic carbocycles. The third-order valence-electron chi connectivity index (χ3n) is 2.11. The first-order chi connectivity index (χ1) is 7.72. The van der Waals surface area contributed by atoms with Crippen molar-refractivity contribution in [3.8, 4) is 0 Å². The maximum Gasteiger partial charge on any atom is 0.240 e. The fourth-order valence-corrected chi connectivity index (χ4v) is 1.98. The number of rotatable bonds is 7. The molecule has 0 aliphatic carbocycles. The van der Waals surface area contributed by atoms with Crippen LogP contribution in [0.5, 0.6) is 0 Å². The van der Waals surface area contributed by atoms with Gasteiger partial charge in [-0.2, -0.15) is 0 Å². The molecule has 4 nitrogen and oxygen atoms in total. The fraction of sp³-hybridized carbons (Fsp3) is 0.636. The van der Waals surface area contributed by atoms with E-state index in [1.165, 1.54) is 24.2 Å². The Bertz CT molecular complexity index is 325. The molecule has 1 aromatic rings. The highest BCUT2D eigenvalue weighted by Crippen LogP contribution is 2.13. The molecule has 0 saturated carbocycles. The molecule has 0 radical (unpaired) electrons. The summed E-state index contributed by atoms with van der Waals surface area (Å²) in [4.78, 5) is 15.6. The number of hydrogen-bond acceptors (Lipinski definition) is 4. The first-order valence-electron chi connectivity index (χ1n) is 5.65. The average Bonchev–Trinajstić information content (AvgIpc) is 2.63. The summed E-state index contributed by atoms with van der Waals surface area (Å²) < 4.78 is 0. The van der Waals surface area contributed by atoms with Gasteiger partial charge in [0, 0.05) is 5.38 Å². The van der Waals surface area contributed by atoms with Crippen LogP contribution in [-0.2, 0) is 4.79 Å². The van der Waals surface area contributed by atoms with Gasteiger partial charge in [0.05, 0.1) is 12.2 Å². The van der Waals surface area contributed by atoms with E-state index in [9.17, 15) is 4.79 Å². The van der Waals surface area contributed by atoms with E-state index in [1.807, 2.05) is 12.3 Å². The van der Waals surface area contributed by atoms with Gasteiger partial charge in [0.2, 0.25) is 5.91 Å². The largest absolute Gasteiger partial charge is 0.308 e. The highest BCUT2D eigenvalue weighted by atomic mass is 32.1. The molecule has 1 heterocycles. The van der Waals surface area contributed by atoms with Crippen molar-refractivity contribution in [2.24, 2.45) is 0 Å². The Balaban J connectivity index is 2.11. The van der Waals surface area contributed by atoms with E-state index in [-0.39, 0.29) is 5.91 Å². The Morgan fingerprint density at radius 1 is 1.50 bits per heavy atom. The highest BCUT2D eigenvalue weighted by Gasteiger charge is 2.03. The highest BCUT2D eigenvalue weighted by molar-refractivity contribution is 7.13. The number of unbranched alkanes of at least 4 members (excludes halogenated alkanes) is 2. The molecule has 0 spiro atoms. The standard InChI is InChI=1S/C11H19N3OS/c1-3-4-5-6-12-7-10(15)14-11-13-9(2)8-16-11/h8,12H,3-7H2,1-2H3,(H,13,14,15). The Hall–Kier alpha value is -0.940.